The number of carboxylic acid groups (broad SMARTS) is 1. The standard InChI is InChI=1S/C26H32N2O5S/c1-3-4-13-23(25(31)28(14-15-34-2)16-24(29)30)27-26(32)33-17-22-20-11-7-5-9-18(20)19-10-6-8-12-21(19)22/h5-12,22-23H,3-4,13-17H2,1-2H3,(H,27,32)(H,29,30)/t23-/m0/s1. The number of aliphatic carboxylic acids is 1. The van der Waals surface area contributed by atoms with Crippen LogP contribution >= 0.6 is 11.8 Å². The maximum absolute atomic E-state index is 13.1. The number of benzene rings is 2. The Morgan fingerprint density at radius 3 is 2.26 bits per heavy atom. The Morgan fingerprint density at radius 1 is 1.09 bits per heavy atom. The molecule has 0 fully saturated rings. The van der Waals surface area contributed by atoms with Crippen molar-refractivity contribution in [3.05, 3.63) is 59.7 Å². The van der Waals surface area contributed by atoms with E-state index in [1.807, 2.05) is 49.6 Å². The summed E-state index contributed by atoms with van der Waals surface area (Å²) >= 11 is 1.53. The summed E-state index contributed by atoms with van der Waals surface area (Å²) in [4.78, 5) is 38.4. The zero-order valence-electron chi connectivity index (χ0n) is 19.7. The molecule has 182 valence electrons. The average molecular weight is 485 g/mol. The molecular weight excluding hydrogens is 452 g/mol. The SMILES string of the molecule is CCCC[C@H](NC(=O)OCC1c2ccccc2-c2ccccc21)C(=O)N(CCSC)CC(=O)O. The largest absolute Gasteiger partial charge is 0.480 e. The summed E-state index contributed by atoms with van der Waals surface area (Å²) in [5.74, 6) is -0.930. The molecule has 3 rings (SSSR count). The van der Waals surface area contributed by atoms with E-state index in [-0.39, 0.29) is 12.5 Å². The second-order valence-corrected chi connectivity index (χ2v) is 9.30. The van der Waals surface area contributed by atoms with Gasteiger partial charge in [0.1, 0.15) is 19.2 Å². The maximum Gasteiger partial charge on any atom is 0.407 e. The molecule has 0 aliphatic heterocycles. The van der Waals surface area contributed by atoms with E-state index < -0.39 is 30.6 Å². The van der Waals surface area contributed by atoms with E-state index in [1.54, 1.807) is 0 Å². The number of nitrogens with one attached hydrogen (secondary N) is 1. The van der Waals surface area contributed by atoms with Gasteiger partial charge in [-0.1, -0.05) is 68.3 Å². The summed E-state index contributed by atoms with van der Waals surface area (Å²) in [7, 11) is 0. The van der Waals surface area contributed by atoms with Gasteiger partial charge in [-0.2, -0.15) is 11.8 Å². The lowest BCUT2D eigenvalue weighted by Crippen LogP contribution is -2.50. The number of hydrogen-bond acceptors (Lipinski definition) is 5. The molecule has 0 unspecified atom stereocenters. The predicted octanol–water partition coefficient (Wildman–Crippen LogP) is 4.36. The fourth-order valence-corrected chi connectivity index (χ4v) is 4.70. The van der Waals surface area contributed by atoms with E-state index in [1.165, 1.54) is 16.7 Å². The summed E-state index contributed by atoms with van der Waals surface area (Å²) in [5.41, 5.74) is 4.50. The number of carboxylic acids is 1. The number of fused-ring (bicyclic) bond motifs is 3. The van der Waals surface area contributed by atoms with Gasteiger partial charge in [0.2, 0.25) is 5.91 Å². The Bertz CT molecular complexity index is 967. The lowest BCUT2D eigenvalue weighted by Gasteiger charge is -2.26. The Labute approximate surface area is 204 Å². The molecular formula is C26H32N2O5S. The number of nitrogens with zero attached hydrogens (tertiary/aromatic N) is 1. The zero-order chi connectivity index (χ0) is 24.5. The minimum absolute atomic E-state index is 0.0759. The summed E-state index contributed by atoms with van der Waals surface area (Å²) in [6.45, 7) is 2.06. The molecule has 0 radical (unpaired) electrons. The van der Waals surface area contributed by atoms with Crippen LogP contribution in [0, 0.1) is 0 Å². The number of thioether (sulfide) groups is 1. The quantitative estimate of drug-likeness (QED) is 0.465. The number of carbonyl (C=O) groups excluding carboxylic acids is 2. The molecule has 0 saturated carbocycles. The zero-order valence-corrected chi connectivity index (χ0v) is 20.5. The van der Waals surface area contributed by atoms with Gasteiger partial charge in [-0.25, -0.2) is 4.79 Å². The average Bonchev–Trinajstić information content (AvgIpc) is 3.16. The Kier molecular flexibility index (Phi) is 9.39. The van der Waals surface area contributed by atoms with Crippen molar-refractivity contribution in [2.75, 3.05) is 31.7 Å². The van der Waals surface area contributed by atoms with Gasteiger partial charge in [0.05, 0.1) is 0 Å². The monoisotopic (exact) mass is 484 g/mol. The molecule has 0 saturated heterocycles. The highest BCUT2D eigenvalue weighted by atomic mass is 32.2. The Balaban J connectivity index is 1.68. The number of rotatable bonds is 12. The van der Waals surface area contributed by atoms with Gasteiger partial charge in [-0.15, -0.1) is 0 Å². The van der Waals surface area contributed by atoms with Crippen molar-refractivity contribution in [1.82, 2.24) is 10.2 Å². The fourth-order valence-electron chi connectivity index (χ4n) is 4.30. The number of hydrogen-bond donors (Lipinski definition) is 2. The van der Waals surface area contributed by atoms with Crippen LogP contribution in [0.15, 0.2) is 48.5 Å². The van der Waals surface area contributed by atoms with Crippen molar-refractivity contribution < 1.29 is 24.2 Å². The molecule has 0 bridgehead atoms. The lowest BCUT2D eigenvalue weighted by molar-refractivity contribution is -0.145. The van der Waals surface area contributed by atoms with Crippen molar-refractivity contribution in [2.45, 2.75) is 38.1 Å². The third-order valence-corrected chi connectivity index (χ3v) is 6.57. The molecule has 34 heavy (non-hydrogen) atoms. The normalized spacial score (nSPS) is 13.0. The van der Waals surface area contributed by atoms with Gasteiger partial charge in [0.25, 0.3) is 0 Å². The molecule has 0 spiro atoms. The summed E-state index contributed by atoms with van der Waals surface area (Å²) < 4.78 is 5.60. The second kappa shape index (κ2) is 12.5. The number of carbonyl (C=O) groups is 3. The third-order valence-electron chi connectivity index (χ3n) is 5.98. The highest BCUT2D eigenvalue weighted by Crippen LogP contribution is 2.44. The van der Waals surface area contributed by atoms with E-state index in [2.05, 4.69) is 17.4 Å². The van der Waals surface area contributed by atoms with Crippen molar-refractivity contribution in [3.63, 3.8) is 0 Å². The summed E-state index contributed by atoms with van der Waals surface area (Å²) in [6, 6.07) is 15.3. The van der Waals surface area contributed by atoms with Crippen molar-refractivity contribution >= 4 is 29.7 Å². The van der Waals surface area contributed by atoms with E-state index >= 15 is 0 Å². The smallest absolute Gasteiger partial charge is 0.407 e. The number of ether oxygens (including phenoxy) is 1. The first-order valence-electron chi connectivity index (χ1n) is 11.6. The first-order valence-corrected chi connectivity index (χ1v) is 13.0. The number of alkyl carbamates (subject to hydrolysis) is 1. The van der Waals surface area contributed by atoms with Gasteiger partial charge >= 0.3 is 12.1 Å². The second-order valence-electron chi connectivity index (χ2n) is 8.31. The van der Waals surface area contributed by atoms with Gasteiger partial charge in [-0.05, 0) is 34.9 Å². The summed E-state index contributed by atoms with van der Waals surface area (Å²) in [5, 5.41) is 11.9. The van der Waals surface area contributed by atoms with Crippen LogP contribution in [0.25, 0.3) is 11.1 Å². The van der Waals surface area contributed by atoms with Gasteiger partial charge in [0.15, 0.2) is 0 Å². The van der Waals surface area contributed by atoms with Crippen LogP contribution in [0.3, 0.4) is 0 Å². The van der Waals surface area contributed by atoms with Gasteiger partial charge in [-0.3, -0.25) is 9.59 Å². The molecule has 2 aromatic rings. The van der Waals surface area contributed by atoms with Gasteiger partial charge in [0, 0.05) is 18.2 Å². The fraction of sp³-hybridized carbons (Fsp3) is 0.423. The van der Waals surface area contributed by atoms with Gasteiger partial charge < -0.3 is 20.1 Å². The van der Waals surface area contributed by atoms with Crippen molar-refractivity contribution in [3.8, 4) is 11.1 Å². The van der Waals surface area contributed by atoms with Crippen LogP contribution < -0.4 is 5.32 Å². The minimum atomic E-state index is -1.08. The topological polar surface area (TPSA) is 95.9 Å². The molecule has 8 heteroatoms. The minimum Gasteiger partial charge on any atom is -0.480 e. The van der Waals surface area contributed by atoms with Crippen LogP contribution in [0.1, 0.15) is 43.2 Å². The van der Waals surface area contributed by atoms with Crippen LogP contribution in [0.4, 0.5) is 4.79 Å². The molecule has 2 amide bonds. The Morgan fingerprint density at radius 2 is 1.71 bits per heavy atom. The molecule has 2 aromatic carbocycles. The molecule has 2 N–H and O–H groups in total. The highest BCUT2D eigenvalue weighted by molar-refractivity contribution is 7.98. The van der Waals surface area contributed by atoms with Crippen LogP contribution in [-0.4, -0.2) is 65.7 Å². The van der Waals surface area contributed by atoms with Crippen LogP contribution in [0.5, 0.6) is 0 Å². The van der Waals surface area contributed by atoms with E-state index in [0.29, 0.717) is 18.7 Å². The van der Waals surface area contributed by atoms with Crippen molar-refractivity contribution in [2.24, 2.45) is 0 Å². The summed E-state index contributed by atoms with van der Waals surface area (Å²) in [6.07, 6.45) is 3.22. The first-order chi connectivity index (χ1) is 16.5. The number of amides is 2. The third kappa shape index (κ3) is 6.32. The molecule has 1 atom stereocenters. The first kappa shape index (κ1) is 25.6. The molecule has 0 aromatic heterocycles. The molecule has 0 heterocycles. The van der Waals surface area contributed by atoms with Crippen molar-refractivity contribution in [1.29, 1.82) is 0 Å². The number of unbranched alkanes of at least 4 members (excludes halogenated alkanes) is 1. The lowest BCUT2D eigenvalue weighted by atomic mass is 9.98. The highest BCUT2D eigenvalue weighted by Gasteiger charge is 2.31. The van der Waals surface area contributed by atoms with Crippen LogP contribution in [-0.2, 0) is 14.3 Å². The predicted molar refractivity (Wildman–Crippen MR) is 134 cm³/mol. The molecule has 1 aliphatic rings. The molecule has 7 nitrogen and oxygen atoms in total. The van der Waals surface area contributed by atoms with Crippen LogP contribution in [0.2, 0.25) is 0 Å². The molecule has 1 aliphatic carbocycles. The van der Waals surface area contributed by atoms with E-state index in [9.17, 15) is 19.5 Å². The van der Waals surface area contributed by atoms with E-state index in [4.69, 9.17) is 4.74 Å². The van der Waals surface area contributed by atoms with E-state index in [0.717, 1.165) is 35.1 Å². The Hall–Kier alpha value is -3.00. The maximum atomic E-state index is 13.1.